The second-order valence-electron chi connectivity index (χ2n) is 5.50. The minimum Gasteiger partial charge on any atom is -0.481 e. The van der Waals surface area contributed by atoms with Gasteiger partial charge in [0.2, 0.25) is 0 Å². The second kappa shape index (κ2) is 6.23. The van der Waals surface area contributed by atoms with Crippen molar-refractivity contribution in [2.45, 2.75) is 19.9 Å². The lowest BCUT2D eigenvalue weighted by Crippen LogP contribution is -2.06. The number of ketones is 1. The van der Waals surface area contributed by atoms with Crippen molar-refractivity contribution in [3.8, 4) is 11.4 Å². The highest BCUT2D eigenvalue weighted by Crippen LogP contribution is 2.26. The number of rotatable bonds is 5. The first-order valence-corrected chi connectivity index (χ1v) is 7.44. The van der Waals surface area contributed by atoms with Crippen LogP contribution in [0.2, 0.25) is 0 Å². The molecular formula is C18H15FN2O3. The summed E-state index contributed by atoms with van der Waals surface area (Å²) in [5.74, 6) is -0.791. The van der Waals surface area contributed by atoms with Gasteiger partial charge in [0, 0.05) is 17.7 Å². The summed E-state index contributed by atoms with van der Waals surface area (Å²) in [4.78, 5) is 27.0. The molecule has 0 saturated heterocycles. The van der Waals surface area contributed by atoms with Crippen LogP contribution in [0.25, 0.3) is 22.4 Å². The molecular weight excluding hydrogens is 311 g/mol. The van der Waals surface area contributed by atoms with Crippen molar-refractivity contribution in [3.05, 3.63) is 53.8 Å². The van der Waals surface area contributed by atoms with Gasteiger partial charge in [0.1, 0.15) is 11.6 Å². The Morgan fingerprint density at radius 3 is 2.50 bits per heavy atom. The fourth-order valence-corrected chi connectivity index (χ4v) is 2.60. The molecule has 1 N–H and O–H groups in total. The first-order chi connectivity index (χ1) is 11.5. The molecule has 1 aromatic heterocycles. The SMILES string of the molecule is CC(=O)c1ccc2c(c1)nc(-c1ccc(F)cc1)n2CCC(=O)O. The number of carboxylic acids is 1. The number of halogens is 1. The normalized spacial score (nSPS) is 10.9. The summed E-state index contributed by atoms with van der Waals surface area (Å²) in [5.41, 5.74) is 2.56. The summed E-state index contributed by atoms with van der Waals surface area (Å²) in [6, 6.07) is 11.0. The van der Waals surface area contributed by atoms with Gasteiger partial charge in [-0.2, -0.15) is 0 Å². The molecule has 122 valence electrons. The van der Waals surface area contributed by atoms with E-state index in [1.807, 2.05) is 0 Å². The minimum absolute atomic E-state index is 0.0614. The summed E-state index contributed by atoms with van der Waals surface area (Å²) >= 11 is 0. The standard InChI is InChI=1S/C18H15FN2O3/c1-11(22)13-4-7-16-15(10-13)20-18(21(16)9-8-17(23)24)12-2-5-14(19)6-3-12/h2-7,10H,8-9H2,1H3,(H,23,24). The number of carboxylic acid groups (broad SMARTS) is 1. The lowest BCUT2D eigenvalue weighted by molar-refractivity contribution is -0.137. The van der Waals surface area contributed by atoms with Gasteiger partial charge in [0.25, 0.3) is 0 Å². The van der Waals surface area contributed by atoms with Crippen LogP contribution in [0.15, 0.2) is 42.5 Å². The van der Waals surface area contributed by atoms with Crippen LogP contribution in [0.1, 0.15) is 23.7 Å². The molecule has 0 bridgehead atoms. The molecule has 0 fully saturated rings. The number of carbonyl (C=O) groups is 2. The van der Waals surface area contributed by atoms with Gasteiger partial charge < -0.3 is 9.67 Å². The predicted molar refractivity (Wildman–Crippen MR) is 87.4 cm³/mol. The number of benzene rings is 2. The molecule has 0 atom stereocenters. The lowest BCUT2D eigenvalue weighted by Gasteiger charge is -2.08. The Bertz CT molecular complexity index is 929. The van der Waals surface area contributed by atoms with E-state index in [9.17, 15) is 14.0 Å². The Kier molecular flexibility index (Phi) is 4.12. The van der Waals surface area contributed by atoms with E-state index >= 15 is 0 Å². The molecule has 6 heteroatoms. The summed E-state index contributed by atoms with van der Waals surface area (Å²) in [6.45, 7) is 1.71. The smallest absolute Gasteiger partial charge is 0.305 e. The van der Waals surface area contributed by atoms with Crippen LogP contribution in [0, 0.1) is 5.82 Å². The van der Waals surface area contributed by atoms with Crippen molar-refractivity contribution >= 4 is 22.8 Å². The third kappa shape index (κ3) is 3.03. The summed E-state index contributed by atoms with van der Waals surface area (Å²) in [6.07, 6.45) is -0.0614. The zero-order chi connectivity index (χ0) is 17.3. The number of hydrogen-bond acceptors (Lipinski definition) is 3. The lowest BCUT2D eigenvalue weighted by atomic mass is 10.1. The van der Waals surface area contributed by atoms with E-state index in [1.165, 1.54) is 19.1 Å². The highest BCUT2D eigenvalue weighted by atomic mass is 19.1. The van der Waals surface area contributed by atoms with Crippen molar-refractivity contribution in [1.82, 2.24) is 9.55 Å². The third-order valence-electron chi connectivity index (χ3n) is 3.81. The van der Waals surface area contributed by atoms with Gasteiger partial charge in [0.15, 0.2) is 5.78 Å². The number of aryl methyl sites for hydroxylation is 1. The molecule has 24 heavy (non-hydrogen) atoms. The van der Waals surface area contributed by atoms with E-state index in [4.69, 9.17) is 5.11 Å². The van der Waals surface area contributed by atoms with Gasteiger partial charge in [-0.3, -0.25) is 9.59 Å². The first-order valence-electron chi connectivity index (χ1n) is 7.44. The van der Waals surface area contributed by atoms with Gasteiger partial charge >= 0.3 is 5.97 Å². The Morgan fingerprint density at radius 1 is 1.17 bits per heavy atom. The first kappa shape index (κ1) is 15.9. The van der Waals surface area contributed by atoms with E-state index in [2.05, 4.69) is 4.98 Å². The maximum absolute atomic E-state index is 13.2. The van der Waals surface area contributed by atoms with Crippen molar-refractivity contribution in [2.24, 2.45) is 0 Å². The van der Waals surface area contributed by atoms with E-state index < -0.39 is 5.97 Å². The molecule has 0 unspecified atom stereocenters. The largest absolute Gasteiger partial charge is 0.481 e. The third-order valence-corrected chi connectivity index (χ3v) is 3.81. The Hall–Kier alpha value is -3.02. The second-order valence-corrected chi connectivity index (χ2v) is 5.50. The van der Waals surface area contributed by atoms with Crippen molar-refractivity contribution in [2.75, 3.05) is 0 Å². The molecule has 2 aromatic carbocycles. The van der Waals surface area contributed by atoms with E-state index in [-0.39, 0.29) is 24.6 Å². The maximum Gasteiger partial charge on any atom is 0.305 e. The average Bonchev–Trinajstić information content (AvgIpc) is 2.91. The van der Waals surface area contributed by atoms with Crippen LogP contribution in [0.5, 0.6) is 0 Å². The quantitative estimate of drug-likeness (QED) is 0.728. The number of hydrogen-bond donors (Lipinski definition) is 1. The minimum atomic E-state index is -0.915. The topological polar surface area (TPSA) is 72.2 Å². The van der Waals surface area contributed by atoms with Gasteiger partial charge in [-0.1, -0.05) is 0 Å². The van der Waals surface area contributed by atoms with Gasteiger partial charge in [-0.15, -0.1) is 0 Å². The fraction of sp³-hybridized carbons (Fsp3) is 0.167. The number of carbonyl (C=O) groups excluding carboxylic acids is 1. The van der Waals surface area contributed by atoms with Crippen LogP contribution in [0.4, 0.5) is 4.39 Å². The number of imidazole rings is 1. The number of aliphatic carboxylic acids is 1. The zero-order valence-electron chi connectivity index (χ0n) is 13.0. The number of nitrogens with zero attached hydrogens (tertiary/aromatic N) is 2. The Morgan fingerprint density at radius 2 is 1.88 bits per heavy atom. The van der Waals surface area contributed by atoms with Crippen molar-refractivity contribution < 1.29 is 19.1 Å². The number of Topliss-reactive ketones (excluding diaryl/α,β-unsaturated/α-hetero) is 1. The van der Waals surface area contributed by atoms with Crippen molar-refractivity contribution in [1.29, 1.82) is 0 Å². The molecule has 1 heterocycles. The monoisotopic (exact) mass is 326 g/mol. The van der Waals surface area contributed by atoms with Crippen LogP contribution in [-0.4, -0.2) is 26.4 Å². The summed E-state index contributed by atoms with van der Waals surface area (Å²) < 4.78 is 14.9. The zero-order valence-corrected chi connectivity index (χ0v) is 13.0. The Balaban J connectivity index is 2.17. The average molecular weight is 326 g/mol. The fourth-order valence-electron chi connectivity index (χ4n) is 2.60. The molecule has 3 rings (SSSR count). The number of fused-ring (bicyclic) bond motifs is 1. The van der Waals surface area contributed by atoms with E-state index in [0.29, 0.717) is 22.5 Å². The predicted octanol–water partition coefficient (Wildman–Crippen LogP) is 3.52. The molecule has 0 radical (unpaired) electrons. The van der Waals surface area contributed by atoms with Crippen LogP contribution < -0.4 is 0 Å². The maximum atomic E-state index is 13.2. The molecule has 0 amide bonds. The van der Waals surface area contributed by atoms with Crippen molar-refractivity contribution in [3.63, 3.8) is 0 Å². The molecule has 3 aromatic rings. The van der Waals surface area contributed by atoms with Crippen LogP contribution >= 0.6 is 0 Å². The molecule has 0 aliphatic carbocycles. The molecule has 0 spiro atoms. The van der Waals surface area contributed by atoms with Gasteiger partial charge in [-0.25, -0.2) is 9.37 Å². The molecule has 0 saturated carbocycles. The summed E-state index contributed by atoms with van der Waals surface area (Å²) in [5, 5.41) is 8.97. The highest BCUT2D eigenvalue weighted by molar-refractivity contribution is 5.97. The van der Waals surface area contributed by atoms with Crippen LogP contribution in [0.3, 0.4) is 0 Å². The van der Waals surface area contributed by atoms with Crippen LogP contribution in [-0.2, 0) is 11.3 Å². The van der Waals surface area contributed by atoms with Gasteiger partial charge in [0.05, 0.1) is 17.5 Å². The summed E-state index contributed by atoms with van der Waals surface area (Å²) in [7, 11) is 0. The Labute approximate surface area is 137 Å². The van der Waals surface area contributed by atoms with E-state index in [0.717, 1.165) is 5.52 Å². The molecule has 5 nitrogen and oxygen atoms in total. The van der Waals surface area contributed by atoms with E-state index in [1.54, 1.807) is 34.9 Å². The number of aromatic nitrogens is 2. The molecule has 0 aliphatic rings. The molecule has 0 aliphatic heterocycles. The highest BCUT2D eigenvalue weighted by Gasteiger charge is 2.15. The van der Waals surface area contributed by atoms with Gasteiger partial charge in [-0.05, 0) is 49.4 Å².